The Kier molecular flexibility index (Phi) is 6.10. The van der Waals surface area contributed by atoms with Crippen LogP contribution < -0.4 is 10.1 Å². The third-order valence-electron chi connectivity index (χ3n) is 4.00. The average Bonchev–Trinajstić information content (AvgIpc) is 2.55. The Hall–Kier alpha value is -1.71. The van der Waals surface area contributed by atoms with E-state index in [1.807, 2.05) is 24.3 Å². The molecule has 1 aliphatic rings. The molecule has 2 N–H and O–H groups in total. The molecule has 0 unspecified atom stereocenters. The summed E-state index contributed by atoms with van der Waals surface area (Å²) < 4.78 is 5.89. The molecule has 1 saturated heterocycles. The first-order valence-electron chi connectivity index (χ1n) is 7.54. The van der Waals surface area contributed by atoms with Gasteiger partial charge in [0.15, 0.2) is 0 Å². The van der Waals surface area contributed by atoms with Crippen LogP contribution in [0, 0.1) is 5.92 Å². The lowest BCUT2D eigenvalue weighted by Gasteiger charge is -2.22. The van der Waals surface area contributed by atoms with Crippen molar-refractivity contribution in [2.45, 2.75) is 12.8 Å². The van der Waals surface area contributed by atoms with Gasteiger partial charge in [-0.25, -0.2) is 0 Å². The molecule has 0 bridgehead atoms. The zero-order valence-electron chi connectivity index (χ0n) is 12.5. The van der Waals surface area contributed by atoms with Crippen LogP contribution in [-0.4, -0.2) is 24.8 Å². The van der Waals surface area contributed by atoms with Gasteiger partial charge in [0.25, 0.3) is 0 Å². The number of phenolic OH excluding ortho intramolecular Hbond substituents is 1. The Morgan fingerprint density at radius 3 is 2.05 bits per heavy atom. The van der Waals surface area contributed by atoms with Gasteiger partial charge in [0.1, 0.15) is 11.5 Å². The standard InChI is InChI=1S/C18H21NO2.ClH/c20-17-5-1-15(2-6-17)16-3-7-18(8-4-16)21-13-14-9-11-19-12-10-14;/h1-8,14,19-20H,9-13H2;1H. The van der Waals surface area contributed by atoms with Crippen LogP contribution in [0.4, 0.5) is 0 Å². The quantitative estimate of drug-likeness (QED) is 0.899. The summed E-state index contributed by atoms with van der Waals surface area (Å²) in [5.41, 5.74) is 2.22. The van der Waals surface area contributed by atoms with Gasteiger partial charge in [-0.15, -0.1) is 12.4 Å². The maximum absolute atomic E-state index is 9.32. The summed E-state index contributed by atoms with van der Waals surface area (Å²) in [5, 5.41) is 12.7. The number of benzene rings is 2. The Labute approximate surface area is 137 Å². The molecule has 0 saturated carbocycles. The number of ether oxygens (including phenoxy) is 1. The van der Waals surface area contributed by atoms with Gasteiger partial charge < -0.3 is 15.2 Å². The molecule has 0 atom stereocenters. The predicted octanol–water partition coefficient (Wildman–Crippen LogP) is 3.86. The van der Waals surface area contributed by atoms with E-state index < -0.39 is 0 Å². The Balaban J connectivity index is 0.00000176. The zero-order valence-corrected chi connectivity index (χ0v) is 13.3. The minimum Gasteiger partial charge on any atom is -0.508 e. The fourth-order valence-corrected chi connectivity index (χ4v) is 2.66. The summed E-state index contributed by atoms with van der Waals surface area (Å²) >= 11 is 0. The van der Waals surface area contributed by atoms with Gasteiger partial charge >= 0.3 is 0 Å². The van der Waals surface area contributed by atoms with Crippen molar-refractivity contribution in [2.24, 2.45) is 5.92 Å². The van der Waals surface area contributed by atoms with Crippen molar-refractivity contribution in [2.75, 3.05) is 19.7 Å². The van der Waals surface area contributed by atoms with Crippen molar-refractivity contribution in [3.05, 3.63) is 48.5 Å². The molecule has 4 heteroatoms. The van der Waals surface area contributed by atoms with Gasteiger partial charge in [-0.05, 0) is 67.2 Å². The van der Waals surface area contributed by atoms with Crippen LogP contribution in [0.2, 0.25) is 0 Å². The lowest BCUT2D eigenvalue weighted by Crippen LogP contribution is -2.30. The second kappa shape index (κ2) is 8.06. The molecule has 2 aromatic rings. The van der Waals surface area contributed by atoms with Crippen LogP contribution in [0.3, 0.4) is 0 Å². The van der Waals surface area contributed by atoms with E-state index in [0.717, 1.165) is 36.6 Å². The molecule has 2 aromatic carbocycles. The largest absolute Gasteiger partial charge is 0.508 e. The molecule has 0 aromatic heterocycles. The minimum absolute atomic E-state index is 0. The van der Waals surface area contributed by atoms with Gasteiger partial charge in [0.05, 0.1) is 6.61 Å². The van der Waals surface area contributed by atoms with Crippen LogP contribution in [-0.2, 0) is 0 Å². The van der Waals surface area contributed by atoms with E-state index in [-0.39, 0.29) is 12.4 Å². The van der Waals surface area contributed by atoms with E-state index >= 15 is 0 Å². The topological polar surface area (TPSA) is 41.5 Å². The van der Waals surface area contributed by atoms with Crippen LogP contribution in [0.1, 0.15) is 12.8 Å². The summed E-state index contributed by atoms with van der Waals surface area (Å²) in [7, 11) is 0. The van der Waals surface area contributed by atoms with Crippen LogP contribution in [0.5, 0.6) is 11.5 Å². The Bertz CT molecular complexity index is 563. The Morgan fingerprint density at radius 2 is 1.45 bits per heavy atom. The number of rotatable bonds is 4. The summed E-state index contributed by atoms with van der Waals surface area (Å²) in [4.78, 5) is 0. The number of nitrogens with one attached hydrogen (secondary N) is 1. The lowest BCUT2D eigenvalue weighted by atomic mass is 9.99. The number of aromatic hydroxyl groups is 1. The molecule has 0 spiro atoms. The van der Waals surface area contributed by atoms with Gasteiger partial charge in [-0.2, -0.15) is 0 Å². The Morgan fingerprint density at radius 1 is 0.909 bits per heavy atom. The van der Waals surface area contributed by atoms with Crippen molar-refractivity contribution in [1.82, 2.24) is 5.32 Å². The second-order valence-electron chi connectivity index (χ2n) is 5.58. The molecule has 0 aliphatic carbocycles. The molecule has 0 radical (unpaired) electrons. The van der Waals surface area contributed by atoms with Crippen molar-refractivity contribution in [1.29, 1.82) is 0 Å². The van der Waals surface area contributed by atoms with Crippen molar-refractivity contribution < 1.29 is 9.84 Å². The number of piperidine rings is 1. The smallest absolute Gasteiger partial charge is 0.119 e. The maximum Gasteiger partial charge on any atom is 0.119 e. The van der Waals surface area contributed by atoms with Crippen LogP contribution >= 0.6 is 12.4 Å². The molecule has 1 fully saturated rings. The van der Waals surface area contributed by atoms with E-state index in [4.69, 9.17) is 4.74 Å². The first kappa shape index (κ1) is 16.7. The fourth-order valence-electron chi connectivity index (χ4n) is 2.66. The van der Waals surface area contributed by atoms with E-state index in [1.54, 1.807) is 12.1 Å². The van der Waals surface area contributed by atoms with Crippen LogP contribution in [0.25, 0.3) is 11.1 Å². The third kappa shape index (κ3) is 4.39. The molecule has 22 heavy (non-hydrogen) atoms. The highest BCUT2D eigenvalue weighted by Gasteiger charge is 2.13. The molecular weight excluding hydrogens is 298 g/mol. The molecule has 1 aliphatic heterocycles. The second-order valence-corrected chi connectivity index (χ2v) is 5.58. The highest BCUT2D eigenvalue weighted by Crippen LogP contribution is 2.24. The van der Waals surface area contributed by atoms with Gasteiger partial charge in [-0.3, -0.25) is 0 Å². The van der Waals surface area contributed by atoms with Gasteiger partial charge in [0.2, 0.25) is 0 Å². The molecule has 118 valence electrons. The summed E-state index contributed by atoms with van der Waals surface area (Å²) in [6, 6.07) is 15.4. The van der Waals surface area contributed by atoms with Crippen molar-refractivity contribution in [3.63, 3.8) is 0 Å². The third-order valence-corrected chi connectivity index (χ3v) is 4.00. The molecule has 0 amide bonds. The molecule has 3 nitrogen and oxygen atoms in total. The molecule has 1 heterocycles. The number of hydrogen-bond donors (Lipinski definition) is 2. The van der Waals surface area contributed by atoms with Gasteiger partial charge in [0, 0.05) is 0 Å². The number of hydrogen-bond acceptors (Lipinski definition) is 3. The van der Waals surface area contributed by atoms with Gasteiger partial charge in [-0.1, -0.05) is 24.3 Å². The first-order valence-corrected chi connectivity index (χ1v) is 7.54. The minimum atomic E-state index is 0. The number of phenols is 1. The number of halogens is 1. The van der Waals surface area contributed by atoms with Crippen LogP contribution in [0.15, 0.2) is 48.5 Å². The highest BCUT2D eigenvalue weighted by molar-refractivity contribution is 5.85. The summed E-state index contributed by atoms with van der Waals surface area (Å²) in [6.45, 7) is 3.02. The first-order chi connectivity index (χ1) is 10.3. The summed E-state index contributed by atoms with van der Waals surface area (Å²) in [6.07, 6.45) is 2.40. The predicted molar refractivity (Wildman–Crippen MR) is 91.9 cm³/mol. The SMILES string of the molecule is Cl.Oc1ccc(-c2ccc(OCC3CCNCC3)cc2)cc1. The normalized spacial score (nSPS) is 15.1. The summed E-state index contributed by atoms with van der Waals surface area (Å²) in [5.74, 6) is 1.89. The highest BCUT2D eigenvalue weighted by atomic mass is 35.5. The molecule has 3 rings (SSSR count). The van der Waals surface area contributed by atoms with E-state index in [0.29, 0.717) is 11.7 Å². The van der Waals surface area contributed by atoms with Crippen molar-refractivity contribution >= 4 is 12.4 Å². The molecular formula is C18H22ClNO2. The fraction of sp³-hybridized carbons (Fsp3) is 0.333. The van der Waals surface area contributed by atoms with E-state index in [9.17, 15) is 5.11 Å². The van der Waals surface area contributed by atoms with Crippen molar-refractivity contribution in [3.8, 4) is 22.6 Å². The average molecular weight is 320 g/mol. The zero-order chi connectivity index (χ0) is 14.5. The lowest BCUT2D eigenvalue weighted by molar-refractivity contribution is 0.215. The van der Waals surface area contributed by atoms with E-state index in [1.165, 1.54) is 12.8 Å². The maximum atomic E-state index is 9.32. The van der Waals surface area contributed by atoms with E-state index in [2.05, 4.69) is 17.4 Å². The monoisotopic (exact) mass is 319 g/mol.